The molecular formula is C16H28N4O2. The van der Waals surface area contributed by atoms with Gasteiger partial charge >= 0.3 is 5.97 Å². The molecule has 1 aliphatic rings. The van der Waals surface area contributed by atoms with Crippen molar-refractivity contribution >= 4 is 5.97 Å². The highest BCUT2D eigenvalue weighted by Crippen LogP contribution is 2.23. The van der Waals surface area contributed by atoms with E-state index in [0.29, 0.717) is 12.5 Å². The molecule has 6 heteroatoms. The number of esters is 1. The van der Waals surface area contributed by atoms with Gasteiger partial charge in [0.05, 0.1) is 5.69 Å². The Bertz CT molecular complexity index is 493. The van der Waals surface area contributed by atoms with Crippen molar-refractivity contribution in [3.63, 3.8) is 0 Å². The molecule has 2 rings (SSSR count). The highest BCUT2D eigenvalue weighted by molar-refractivity contribution is 5.69. The van der Waals surface area contributed by atoms with Crippen molar-refractivity contribution in [2.45, 2.75) is 71.1 Å². The summed E-state index contributed by atoms with van der Waals surface area (Å²) in [5.74, 6) is -0.0995. The van der Waals surface area contributed by atoms with Gasteiger partial charge in [0.1, 0.15) is 5.60 Å². The number of carbonyl (C=O) groups excluding carboxylic acids is 1. The number of likely N-dealkylation sites (tertiary alicyclic amines) is 1. The molecule has 1 saturated heterocycles. The molecule has 0 aromatic carbocycles. The molecule has 0 spiro atoms. The summed E-state index contributed by atoms with van der Waals surface area (Å²) in [5, 5.41) is 8.16. The second-order valence-corrected chi connectivity index (χ2v) is 7.13. The van der Waals surface area contributed by atoms with Gasteiger partial charge in [-0.2, -0.15) is 0 Å². The number of ether oxygens (including phenoxy) is 1. The largest absolute Gasteiger partial charge is 0.460 e. The van der Waals surface area contributed by atoms with Crippen LogP contribution in [0.15, 0.2) is 6.20 Å². The van der Waals surface area contributed by atoms with Gasteiger partial charge < -0.3 is 4.74 Å². The first-order valence-electron chi connectivity index (χ1n) is 8.14. The maximum atomic E-state index is 11.9. The van der Waals surface area contributed by atoms with Gasteiger partial charge in [-0.05, 0) is 46.6 Å². The Morgan fingerprint density at radius 3 is 2.82 bits per heavy atom. The van der Waals surface area contributed by atoms with Gasteiger partial charge in [-0.3, -0.25) is 14.4 Å². The van der Waals surface area contributed by atoms with E-state index < -0.39 is 5.60 Å². The van der Waals surface area contributed by atoms with Crippen molar-refractivity contribution in [3.8, 4) is 0 Å². The van der Waals surface area contributed by atoms with Crippen LogP contribution >= 0.6 is 0 Å². The molecule has 1 atom stereocenters. The van der Waals surface area contributed by atoms with Crippen molar-refractivity contribution < 1.29 is 9.53 Å². The van der Waals surface area contributed by atoms with Crippen LogP contribution in [0, 0.1) is 0 Å². The Morgan fingerprint density at radius 2 is 2.18 bits per heavy atom. The lowest BCUT2D eigenvalue weighted by Gasteiger charge is -2.35. The molecular weight excluding hydrogens is 280 g/mol. The average molecular weight is 308 g/mol. The van der Waals surface area contributed by atoms with Crippen LogP contribution in [-0.4, -0.2) is 44.1 Å². The molecule has 0 radical (unpaired) electrons. The van der Waals surface area contributed by atoms with Gasteiger partial charge in [-0.25, -0.2) is 0 Å². The third-order valence-electron chi connectivity index (χ3n) is 3.87. The van der Waals surface area contributed by atoms with Crippen molar-refractivity contribution in [2.24, 2.45) is 7.05 Å². The topological polar surface area (TPSA) is 60.2 Å². The first-order chi connectivity index (χ1) is 10.3. The fraction of sp³-hybridized carbons (Fsp3) is 0.812. The molecule has 1 fully saturated rings. The quantitative estimate of drug-likeness (QED) is 0.781. The Kier molecular flexibility index (Phi) is 5.56. The van der Waals surface area contributed by atoms with Crippen LogP contribution in [0.1, 0.15) is 58.6 Å². The summed E-state index contributed by atoms with van der Waals surface area (Å²) < 4.78 is 7.13. The Balaban J connectivity index is 1.85. The van der Waals surface area contributed by atoms with E-state index in [0.717, 1.165) is 31.6 Å². The van der Waals surface area contributed by atoms with Crippen LogP contribution in [0.25, 0.3) is 0 Å². The highest BCUT2D eigenvalue weighted by atomic mass is 16.6. The van der Waals surface area contributed by atoms with E-state index in [1.54, 1.807) is 4.68 Å². The number of hydrogen-bond donors (Lipinski definition) is 0. The fourth-order valence-corrected chi connectivity index (χ4v) is 2.95. The summed E-state index contributed by atoms with van der Waals surface area (Å²) in [6.45, 7) is 7.60. The SMILES string of the molecule is Cn1cc(CN2CCCC[C@@H]2CCC(=O)OC(C)(C)C)nn1. The van der Waals surface area contributed by atoms with Crippen molar-refractivity contribution in [3.05, 3.63) is 11.9 Å². The van der Waals surface area contributed by atoms with Crippen LogP contribution in [0.3, 0.4) is 0 Å². The standard InChI is InChI=1S/C16H28N4O2/c1-16(2,3)22-15(21)9-8-14-7-5-6-10-20(14)12-13-11-19(4)18-17-13/h11,14H,5-10,12H2,1-4H3/t14-/m1/s1. The second-order valence-electron chi connectivity index (χ2n) is 7.13. The summed E-state index contributed by atoms with van der Waals surface area (Å²) in [6, 6.07) is 0.434. The number of aryl methyl sites for hydroxylation is 1. The minimum absolute atomic E-state index is 0.0995. The molecule has 0 unspecified atom stereocenters. The van der Waals surface area contributed by atoms with E-state index in [2.05, 4.69) is 15.2 Å². The summed E-state index contributed by atoms with van der Waals surface area (Å²) in [7, 11) is 1.88. The predicted molar refractivity (Wildman–Crippen MR) is 84.1 cm³/mol. The molecule has 2 heterocycles. The Labute approximate surface area is 132 Å². The lowest BCUT2D eigenvalue weighted by atomic mass is 9.97. The van der Waals surface area contributed by atoms with Crippen LogP contribution in [0.4, 0.5) is 0 Å². The number of aromatic nitrogens is 3. The van der Waals surface area contributed by atoms with Gasteiger partial charge in [0.2, 0.25) is 0 Å². The van der Waals surface area contributed by atoms with E-state index in [1.165, 1.54) is 12.8 Å². The zero-order chi connectivity index (χ0) is 16.2. The first kappa shape index (κ1) is 16.9. The third-order valence-corrected chi connectivity index (χ3v) is 3.87. The molecule has 6 nitrogen and oxygen atoms in total. The smallest absolute Gasteiger partial charge is 0.306 e. The maximum Gasteiger partial charge on any atom is 0.306 e. The van der Waals surface area contributed by atoms with Gasteiger partial charge in [-0.15, -0.1) is 5.10 Å². The predicted octanol–water partition coefficient (Wildman–Crippen LogP) is 2.29. The molecule has 0 N–H and O–H groups in total. The number of nitrogens with zero attached hydrogens (tertiary/aromatic N) is 4. The molecule has 124 valence electrons. The maximum absolute atomic E-state index is 11.9. The van der Waals surface area contributed by atoms with Gasteiger partial charge in [0, 0.05) is 32.3 Å². The summed E-state index contributed by atoms with van der Waals surface area (Å²) >= 11 is 0. The Hall–Kier alpha value is -1.43. The van der Waals surface area contributed by atoms with Gasteiger partial charge in [-0.1, -0.05) is 11.6 Å². The summed E-state index contributed by atoms with van der Waals surface area (Å²) in [6.07, 6.45) is 6.88. The monoisotopic (exact) mass is 308 g/mol. The van der Waals surface area contributed by atoms with E-state index in [1.807, 2.05) is 34.0 Å². The zero-order valence-electron chi connectivity index (χ0n) is 14.2. The van der Waals surface area contributed by atoms with Crippen molar-refractivity contribution in [1.82, 2.24) is 19.9 Å². The van der Waals surface area contributed by atoms with E-state index >= 15 is 0 Å². The molecule has 1 aromatic heterocycles. The number of piperidine rings is 1. The van der Waals surface area contributed by atoms with Crippen LogP contribution in [-0.2, 0) is 23.1 Å². The molecule has 0 saturated carbocycles. The molecule has 0 amide bonds. The van der Waals surface area contributed by atoms with Crippen LogP contribution in [0.2, 0.25) is 0 Å². The zero-order valence-corrected chi connectivity index (χ0v) is 14.2. The van der Waals surface area contributed by atoms with Crippen LogP contribution in [0.5, 0.6) is 0 Å². The molecule has 0 aliphatic carbocycles. The first-order valence-corrected chi connectivity index (χ1v) is 8.14. The number of rotatable bonds is 5. The third kappa shape index (κ3) is 5.40. The second kappa shape index (κ2) is 7.22. The number of carbonyl (C=O) groups is 1. The van der Waals surface area contributed by atoms with E-state index in [9.17, 15) is 4.79 Å². The number of hydrogen-bond acceptors (Lipinski definition) is 5. The van der Waals surface area contributed by atoms with Crippen LogP contribution < -0.4 is 0 Å². The van der Waals surface area contributed by atoms with E-state index in [4.69, 9.17) is 4.74 Å². The van der Waals surface area contributed by atoms with E-state index in [-0.39, 0.29) is 5.97 Å². The van der Waals surface area contributed by atoms with Crippen molar-refractivity contribution in [1.29, 1.82) is 0 Å². The summed E-state index contributed by atoms with van der Waals surface area (Å²) in [5.41, 5.74) is 0.592. The Morgan fingerprint density at radius 1 is 1.41 bits per heavy atom. The minimum atomic E-state index is -0.400. The lowest BCUT2D eigenvalue weighted by molar-refractivity contribution is -0.155. The molecule has 1 aromatic rings. The average Bonchev–Trinajstić information content (AvgIpc) is 2.81. The van der Waals surface area contributed by atoms with Gasteiger partial charge in [0.25, 0.3) is 0 Å². The minimum Gasteiger partial charge on any atom is -0.460 e. The lowest BCUT2D eigenvalue weighted by Crippen LogP contribution is -2.39. The normalized spacial score (nSPS) is 20.1. The summed E-state index contributed by atoms with van der Waals surface area (Å²) in [4.78, 5) is 14.3. The van der Waals surface area contributed by atoms with Gasteiger partial charge in [0.15, 0.2) is 0 Å². The highest BCUT2D eigenvalue weighted by Gasteiger charge is 2.25. The van der Waals surface area contributed by atoms with Crippen molar-refractivity contribution in [2.75, 3.05) is 6.54 Å². The molecule has 22 heavy (non-hydrogen) atoms. The molecule has 1 aliphatic heterocycles. The fourth-order valence-electron chi connectivity index (χ4n) is 2.95. The molecule has 0 bridgehead atoms.